The number of carbonyl (C=O) groups excluding carboxylic acids is 1. The number of nitrogens with one attached hydrogen (secondary N) is 1. The van der Waals surface area contributed by atoms with Crippen molar-refractivity contribution >= 4 is 28.6 Å². The maximum atomic E-state index is 12.0. The molecule has 3 rings (SSSR count). The second kappa shape index (κ2) is 8.75. The Morgan fingerprint density at radius 3 is 2.69 bits per heavy atom. The quantitative estimate of drug-likeness (QED) is 0.662. The van der Waals surface area contributed by atoms with E-state index in [1.165, 1.54) is 9.75 Å². The highest BCUT2D eigenvalue weighted by Gasteiger charge is 2.07. The second-order valence-electron chi connectivity index (χ2n) is 5.93. The van der Waals surface area contributed by atoms with Crippen LogP contribution in [0, 0.1) is 18.3 Å². The van der Waals surface area contributed by atoms with E-state index in [1.807, 2.05) is 19.1 Å². The maximum absolute atomic E-state index is 12.0. The minimum absolute atomic E-state index is 0.0567. The summed E-state index contributed by atoms with van der Waals surface area (Å²) in [7, 11) is 0. The molecule has 2 heterocycles. The summed E-state index contributed by atoms with van der Waals surface area (Å²) >= 11 is 3.39. The Morgan fingerprint density at radius 2 is 2.00 bits per heavy atom. The van der Waals surface area contributed by atoms with E-state index in [2.05, 4.69) is 33.9 Å². The maximum Gasteiger partial charge on any atom is 0.220 e. The Morgan fingerprint density at radius 1 is 1.19 bits per heavy atom. The van der Waals surface area contributed by atoms with Crippen molar-refractivity contribution in [1.82, 2.24) is 10.3 Å². The number of nitrogens with zero attached hydrogens (tertiary/aromatic N) is 2. The standard InChI is InChI=1S/C20H19N3OS2/c1-14-23-18(13-25-14)19-8-7-17(26-19)10-11-22-20(24)9-6-15-2-4-16(12-21)5-3-15/h2-5,7-8,13H,6,9-11H2,1H3,(H,22,24). The predicted molar refractivity (Wildman–Crippen MR) is 106 cm³/mol. The van der Waals surface area contributed by atoms with Crippen LogP contribution in [-0.4, -0.2) is 17.4 Å². The molecular weight excluding hydrogens is 362 g/mol. The molecule has 0 saturated heterocycles. The predicted octanol–water partition coefficient (Wildman–Crippen LogP) is 4.34. The zero-order valence-corrected chi connectivity index (χ0v) is 16.1. The number of hydrogen-bond donors (Lipinski definition) is 1. The van der Waals surface area contributed by atoms with Crippen molar-refractivity contribution in [2.45, 2.75) is 26.2 Å². The van der Waals surface area contributed by atoms with E-state index in [-0.39, 0.29) is 5.91 Å². The number of hydrogen-bond acceptors (Lipinski definition) is 5. The van der Waals surface area contributed by atoms with E-state index in [4.69, 9.17) is 5.26 Å². The lowest BCUT2D eigenvalue weighted by Gasteiger charge is -2.04. The Kier molecular flexibility index (Phi) is 6.16. The number of thiazole rings is 1. The van der Waals surface area contributed by atoms with Crippen molar-refractivity contribution in [3.05, 3.63) is 62.8 Å². The van der Waals surface area contributed by atoms with Crippen LogP contribution < -0.4 is 5.32 Å². The SMILES string of the molecule is Cc1nc(-c2ccc(CCNC(=O)CCc3ccc(C#N)cc3)s2)cs1. The monoisotopic (exact) mass is 381 g/mol. The third-order valence-corrected chi connectivity index (χ3v) is 5.89. The summed E-state index contributed by atoms with van der Waals surface area (Å²) < 4.78 is 0. The summed E-state index contributed by atoms with van der Waals surface area (Å²) in [6.07, 6.45) is 1.97. The Bertz CT molecular complexity index is 919. The van der Waals surface area contributed by atoms with E-state index in [0.29, 0.717) is 24.9 Å². The van der Waals surface area contributed by atoms with Gasteiger partial charge >= 0.3 is 0 Å². The van der Waals surface area contributed by atoms with Gasteiger partial charge in [0.25, 0.3) is 0 Å². The molecule has 132 valence electrons. The van der Waals surface area contributed by atoms with Gasteiger partial charge in [-0.3, -0.25) is 4.79 Å². The molecule has 0 aliphatic rings. The molecule has 0 atom stereocenters. The molecule has 1 aromatic carbocycles. The van der Waals surface area contributed by atoms with Crippen LogP contribution in [0.1, 0.15) is 27.4 Å². The fourth-order valence-corrected chi connectivity index (χ4v) is 4.20. The lowest BCUT2D eigenvalue weighted by atomic mass is 10.1. The van der Waals surface area contributed by atoms with Gasteiger partial charge in [0, 0.05) is 23.2 Å². The van der Waals surface area contributed by atoms with E-state index >= 15 is 0 Å². The second-order valence-corrected chi connectivity index (χ2v) is 8.16. The molecule has 0 aliphatic carbocycles. The highest BCUT2D eigenvalue weighted by atomic mass is 32.1. The molecule has 1 amide bonds. The summed E-state index contributed by atoms with van der Waals surface area (Å²) in [4.78, 5) is 18.9. The van der Waals surface area contributed by atoms with Crippen molar-refractivity contribution in [2.75, 3.05) is 6.54 Å². The molecule has 0 spiro atoms. The third kappa shape index (κ3) is 5.01. The van der Waals surface area contributed by atoms with E-state index in [0.717, 1.165) is 22.7 Å². The molecule has 0 bridgehead atoms. The fraction of sp³-hybridized carbons (Fsp3) is 0.250. The summed E-state index contributed by atoms with van der Waals surface area (Å²) in [5.41, 5.74) is 2.75. The highest BCUT2D eigenvalue weighted by Crippen LogP contribution is 2.29. The van der Waals surface area contributed by atoms with Crippen LogP contribution in [0.5, 0.6) is 0 Å². The van der Waals surface area contributed by atoms with Crippen LogP contribution in [0.2, 0.25) is 0 Å². The Balaban J connectivity index is 1.41. The molecule has 2 aromatic heterocycles. The van der Waals surface area contributed by atoms with Gasteiger partial charge in [-0.25, -0.2) is 4.98 Å². The van der Waals surface area contributed by atoms with Gasteiger partial charge in [-0.2, -0.15) is 5.26 Å². The minimum atomic E-state index is 0.0567. The van der Waals surface area contributed by atoms with Crippen LogP contribution >= 0.6 is 22.7 Å². The molecule has 0 saturated carbocycles. The van der Waals surface area contributed by atoms with Crippen molar-refractivity contribution < 1.29 is 4.79 Å². The average Bonchev–Trinajstić information content (AvgIpc) is 3.29. The van der Waals surface area contributed by atoms with Crippen LogP contribution in [-0.2, 0) is 17.6 Å². The molecule has 26 heavy (non-hydrogen) atoms. The largest absolute Gasteiger partial charge is 0.356 e. The van der Waals surface area contributed by atoms with Crippen LogP contribution in [0.3, 0.4) is 0 Å². The van der Waals surface area contributed by atoms with Crippen LogP contribution in [0.15, 0.2) is 41.8 Å². The Labute approximate surface area is 161 Å². The van der Waals surface area contributed by atoms with Gasteiger partial charge in [-0.15, -0.1) is 22.7 Å². The van der Waals surface area contributed by atoms with Gasteiger partial charge < -0.3 is 5.32 Å². The summed E-state index contributed by atoms with van der Waals surface area (Å²) in [5, 5.41) is 14.9. The van der Waals surface area contributed by atoms with Crippen molar-refractivity contribution in [3.8, 4) is 16.6 Å². The molecule has 0 fully saturated rings. The minimum Gasteiger partial charge on any atom is -0.356 e. The van der Waals surface area contributed by atoms with Gasteiger partial charge in [0.1, 0.15) is 0 Å². The summed E-state index contributed by atoms with van der Waals surface area (Å²) in [5.74, 6) is 0.0567. The van der Waals surface area contributed by atoms with Crippen molar-refractivity contribution in [1.29, 1.82) is 5.26 Å². The number of amides is 1. The first kappa shape index (κ1) is 18.3. The smallest absolute Gasteiger partial charge is 0.220 e. The first-order valence-electron chi connectivity index (χ1n) is 8.41. The topological polar surface area (TPSA) is 65.8 Å². The lowest BCUT2D eigenvalue weighted by molar-refractivity contribution is -0.121. The molecular formula is C20H19N3OS2. The molecule has 0 unspecified atom stereocenters. The van der Waals surface area contributed by atoms with E-state index in [9.17, 15) is 4.79 Å². The third-order valence-electron chi connectivity index (χ3n) is 3.95. The van der Waals surface area contributed by atoms with Gasteiger partial charge in [-0.05, 0) is 49.6 Å². The zero-order chi connectivity index (χ0) is 18.4. The first-order valence-corrected chi connectivity index (χ1v) is 10.1. The normalized spacial score (nSPS) is 10.5. The molecule has 4 nitrogen and oxygen atoms in total. The zero-order valence-electron chi connectivity index (χ0n) is 14.5. The molecule has 1 N–H and O–H groups in total. The highest BCUT2D eigenvalue weighted by molar-refractivity contribution is 7.16. The fourth-order valence-electron chi connectivity index (χ4n) is 2.54. The number of carbonyl (C=O) groups is 1. The number of aryl methyl sites for hydroxylation is 2. The molecule has 3 aromatic rings. The lowest BCUT2D eigenvalue weighted by Crippen LogP contribution is -2.25. The number of thiophene rings is 1. The number of benzene rings is 1. The van der Waals surface area contributed by atoms with Crippen LogP contribution in [0.4, 0.5) is 0 Å². The van der Waals surface area contributed by atoms with Gasteiger partial charge in [-0.1, -0.05) is 12.1 Å². The summed E-state index contributed by atoms with van der Waals surface area (Å²) in [6.45, 7) is 2.65. The number of nitriles is 1. The Hall–Kier alpha value is -2.49. The van der Waals surface area contributed by atoms with Crippen LogP contribution in [0.25, 0.3) is 10.6 Å². The number of rotatable bonds is 7. The van der Waals surface area contributed by atoms with E-state index < -0.39 is 0 Å². The molecule has 0 radical (unpaired) electrons. The van der Waals surface area contributed by atoms with Crippen molar-refractivity contribution in [3.63, 3.8) is 0 Å². The average molecular weight is 382 g/mol. The van der Waals surface area contributed by atoms with Crippen molar-refractivity contribution in [2.24, 2.45) is 0 Å². The molecule has 0 aliphatic heterocycles. The van der Waals surface area contributed by atoms with Gasteiger partial charge in [0.15, 0.2) is 0 Å². The van der Waals surface area contributed by atoms with Gasteiger partial charge in [0.05, 0.1) is 27.2 Å². The number of aromatic nitrogens is 1. The summed E-state index contributed by atoms with van der Waals surface area (Å²) in [6, 6.07) is 13.7. The molecule has 6 heteroatoms. The first-order chi connectivity index (χ1) is 12.6. The van der Waals surface area contributed by atoms with E-state index in [1.54, 1.807) is 34.8 Å². The van der Waals surface area contributed by atoms with Gasteiger partial charge in [0.2, 0.25) is 5.91 Å².